The summed E-state index contributed by atoms with van der Waals surface area (Å²) in [7, 11) is 5.86. The first-order chi connectivity index (χ1) is 30.4. The van der Waals surface area contributed by atoms with Crippen molar-refractivity contribution in [3.8, 4) is 0 Å². The predicted molar refractivity (Wildman–Crippen MR) is 243 cm³/mol. The molecule has 0 aliphatic rings. The number of hydrogen-bond acceptors (Lipinski definition) is 14. The van der Waals surface area contributed by atoms with Crippen molar-refractivity contribution in [2.24, 2.45) is 4.99 Å². The molecule has 342 valence electrons. The number of ether oxygens (including phenoxy) is 6. The van der Waals surface area contributed by atoms with Gasteiger partial charge in [-0.1, -0.05) is 36.4 Å². The molecule has 0 aliphatic heterocycles. The number of pyridine rings is 1. The summed E-state index contributed by atoms with van der Waals surface area (Å²) in [6.07, 6.45) is 4.17. The zero-order valence-corrected chi connectivity index (χ0v) is 36.9. The number of nitrogens with zero attached hydrogens (tertiary/aromatic N) is 5. The van der Waals surface area contributed by atoms with Gasteiger partial charge in [-0.15, -0.1) is 0 Å². The third-order valence-corrected chi connectivity index (χ3v) is 10.3. The second kappa shape index (κ2) is 29.1. The van der Waals surface area contributed by atoms with E-state index in [2.05, 4.69) is 109 Å². The molecule has 0 atom stereocenters. The largest absolute Gasteiger partial charge is 0.394 e. The summed E-state index contributed by atoms with van der Waals surface area (Å²) < 4.78 is 36.1. The fraction of sp³-hybridized carbons (Fsp3) is 0.511. The van der Waals surface area contributed by atoms with Gasteiger partial charge in [-0.3, -0.25) is 4.99 Å². The van der Waals surface area contributed by atoms with Crippen LogP contribution in [0.3, 0.4) is 0 Å². The Hall–Kier alpha value is -4.39. The van der Waals surface area contributed by atoms with Crippen molar-refractivity contribution in [3.05, 3.63) is 119 Å². The minimum Gasteiger partial charge on any atom is -0.394 e. The Balaban J connectivity index is 1.78. The molecular weight excluding hydrogens is 795 g/mol. The highest BCUT2D eigenvalue weighted by molar-refractivity contribution is 5.59. The molecule has 0 radical (unpaired) electrons. The van der Waals surface area contributed by atoms with E-state index in [-0.39, 0.29) is 52.9 Å². The topological polar surface area (TPSA) is 163 Å². The fourth-order valence-electron chi connectivity index (χ4n) is 7.11. The average molecular weight is 864 g/mol. The van der Waals surface area contributed by atoms with E-state index in [9.17, 15) is 10.2 Å². The minimum absolute atomic E-state index is 0.0219. The minimum atomic E-state index is -0.826. The van der Waals surface area contributed by atoms with Crippen molar-refractivity contribution in [3.63, 3.8) is 0 Å². The molecule has 3 aromatic carbocycles. The molecular formula is C47H69N5O10. The summed E-state index contributed by atoms with van der Waals surface area (Å²) >= 11 is 0. The lowest BCUT2D eigenvalue weighted by atomic mass is 9.76. The number of benzene rings is 3. The van der Waals surface area contributed by atoms with Gasteiger partial charge < -0.3 is 68.1 Å². The molecule has 0 fully saturated rings. The highest BCUT2D eigenvalue weighted by atomic mass is 16.5. The highest BCUT2D eigenvalue weighted by Crippen LogP contribution is 2.42. The number of aliphatic hydroxyl groups excluding tert-OH is 4. The Morgan fingerprint density at radius 2 is 0.742 bits per heavy atom. The van der Waals surface area contributed by atoms with Crippen LogP contribution in [0.5, 0.6) is 0 Å². The lowest BCUT2D eigenvalue weighted by Crippen LogP contribution is -2.38. The normalized spacial score (nSPS) is 11.5. The molecule has 4 N–H and O–H groups in total. The quantitative estimate of drug-likeness (QED) is 0.0409. The Labute approximate surface area is 367 Å². The molecule has 0 saturated heterocycles. The third-order valence-electron chi connectivity index (χ3n) is 10.3. The van der Waals surface area contributed by atoms with Gasteiger partial charge in [0, 0.05) is 76.8 Å². The first-order valence-electron chi connectivity index (χ1n) is 21.4. The average Bonchev–Trinajstić information content (AvgIpc) is 3.31. The summed E-state index contributed by atoms with van der Waals surface area (Å²) in [6.45, 7) is 6.90. The molecule has 0 saturated carbocycles. The molecule has 0 unspecified atom stereocenters. The Bertz CT molecular complexity index is 1730. The zero-order valence-electron chi connectivity index (χ0n) is 36.9. The number of hydrogen-bond donors (Lipinski definition) is 4. The number of rotatable bonds is 33. The third kappa shape index (κ3) is 15.4. The summed E-state index contributed by atoms with van der Waals surface area (Å²) in [5.74, 6) is 0. The van der Waals surface area contributed by atoms with Gasteiger partial charge in [-0.25, -0.2) is 0 Å². The van der Waals surface area contributed by atoms with Crippen LogP contribution in [0.15, 0.2) is 102 Å². The van der Waals surface area contributed by atoms with Gasteiger partial charge in [0.05, 0.1) is 111 Å². The van der Waals surface area contributed by atoms with E-state index in [0.29, 0.717) is 79.0 Å². The first kappa shape index (κ1) is 50.3. The smallest absolute Gasteiger partial charge is 0.120 e. The van der Waals surface area contributed by atoms with Crippen LogP contribution in [0.1, 0.15) is 16.7 Å². The SMILES string of the molecule is CN=c1ccn(C(c2ccc(N(C)C)cc2)(c2ccc(N(CCOCCO)CCOCCOCCO)cc2)c2ccc(N(CCOCCO)CCOCCOCCO)cc2)cc1. The van der Waals surface area contributed by atoms with Gasteiger partial charge >= 0.3 is 0 Å². The molecule has 0 spiro atoms. The lowest BCUT2D eigenvalue weighted by molar-refractivity contribution is 0.0347. The molecule has 0 aliphatic carbocycles. The number of aliphatic hydroxyl groups is 4. The highest BCUT2D eigenvalue weighted by Gasteiger charge is 2.38. The number of aromatic nitrogens is 1. The van der Waals surface area contributed by atoms with E-state index < -0.39 is 5.54 Å². The van der Waals surface area contributed by atoms with Crippen molar-refractivity contribution in [1.82, 2.24) is 4.57 Å². The van der Waals surface area contributed by atoms with Gasteiger partial charge in [-0.05, 0) is 65.2 Å². The Morgan fingerprint density at radius 3 is 1.05 bits per heavy atom. The summed E-state index contributed by atoms with van der Waals surface area (Å²) in [6, 6.07) is 30.0. The van der Waals surface area contributed by atoms with E-state index in [1.54, 1.807) is 7.05 Å². The van der Waals surface area contributed by atoms with Crippen molar-refractivity contribution < 1.29 is 48.8 Å². The molecule has 0 bridgehead atoms. The van der Waals surface area contributed by atoms with Crippen molar-refractivity contribution in [2.75, 3.05) is 168 Å². The second-order valence-corrected chi connectivity index (χ2v) is 14.5. The van der Waals surface area contributed by atoms with Crippen LogP contribution in [0, 0.1) is 0 Å². The van der Waals surface area contributed by atoms with Crippen LogP contribution in [-0.4, -0.2) is 178 Å². The molecule has 62 heavy (non-hydrogen) atoms. The van der Waals surface area contributed by atoms with Gasteiger partial charge in [0.25, 0.3) is 0 Å². The maximum absolute atomic E-state index is 9.31. The molecule has 1 heterocycles. The molecule has 1 aromatic heterocycles. The van der Waals surface area contributed by atoms with E-state index >= 15 is 0 Å². The van der Waals surface area contributed by atoms with Gasteiger partial charge in [-0.2, -0.15) is 0 Å². The molecule has 4 rings (SSSR count). The zero-order chi connectivity index (χ0) is 44.3. The monoisotopic (exact) mass is 864 g/mol. The Morgan fingerprint density at radius 1 is 0.435 bits per heavy atom. The van der Waals surface area contributed by atoms with Crippen molar-refractivity contribution in [2.45, 2.75) is 5.54 Å². The van der Waals surface area contributed by atoms with Crippen LogP contribution < -0.4 is 20.1 Å². The summed E-state index contributed by atoms with van der Waals surface area (Å²) in [4.78, 5) is 11.0. The van der Waals surface area contributed by atoms with Crippen LogP contribution in [0.25, 0.3) is 0 Å². The van der Waals surface area contributed by atoms with Gasteiger partial charge in [0.2, 0.25) is 0 Å². The van der Waals surface area contributed by atoms with E-state index in [1.165, 1.54) is 0 Å². The molecule has 15 nitrogen and oxygen atoms in total. The van der Waals surface area contributed by atoms with Crippen molar-refractivity contribution in [1.29, 1.82) is 0 Å². The fourth-order valence-corrected chi connectivity index (χ4v) is 7.11. The van der Waals surface area contributed by atoms with Gasteiger partial charge in [0.15, 0.2) is 0 Å². The standard InChI is InChI=1S/C47H69N5O10/c1-48-43-16-18-52(19-17-43)47(40-4-10-44(11-5-40)49(2)3,41-6-12-45(13-7-41)50(20-28-57-32-24-53)22-30-59-36-38-61-34-26-55)42-8-14-46(15-9-42)51(21-29-58-33-25-54)23-31-60-37-39-62-35-27-56/h4-19,53-56H,20-39H2,1-3H3. The maximum atomic E-state index is 9.31. The summed E-state index contributed by atoms with van der Waals surface area (Å²) in [5.41, 5.74) is 5.40. The lowest BCUT2D eigenvalue weighted by Gasteiger charge is -2.39. The van der Waals surface area contributed by atoms with Crippen LogP contribution in [0.2, 0.25) is 0 Å². The summed E-state index contributed by atoms with van der Waals surface area (Å²) in [5, 5.41) is 37.5. The van der Waals surface area contributed by atoms with E-state index in [0.717, 1.165) is 39.1 Å². The van der Waals surface area contributed by atoms with E-state index in [1.807, 2.05) is 26.2 Å². The van der Waals surface area contributed by atoms with Crippen molar-refractivity contribution >= 4 is 17.1 Å². The maximum Gasteiger partial charge on any atom is 0.120 e. The van der Waals surface area contributed by atoms with Crippen LogP contribution >= 0.6 is 0 Å². The predicted octanol–water partition coefficient (Wildman–Crippen LogP) is 2.61. The number of anilines is 3. The van der Waals surface area contributed by atoms with Crippen LogP contribution in [0.4, 0.5) is 17.1 Å². The Kier molecular flexibility index (Phi) is 23.6. The van der Waals surface area contributed by atoms with E-state index in [4.69, 9.17) is 38.6 Å². The molecule has 0 amide bonds. The second-order valence-electron chi connectivity index (χ2n) is 14.5. The van der Waals surface area contributed by atoms with Gasteiger partial charge in [0.1, 0.15) is 5.54 Å². The first-order valence-corrected chi connectivity index (χ1v) is 21.4. The van der Waals surface area contributed by atoms with Crippen LogP contribution in [-0.2, 0) is 34.0 Å². The molecule has 15 heteroatoms. The molecule has 4 aromatic rings.